The van der Waals surface area contributed by atoms with Gasteiger partial charge < -0.3 is 14.5 Å². The monoisotopic (exact) mass is 684 g/mol. The van der Waals surface area contributed by atoms with E-state index < -0.39 is 5.41 Å². The SMILES string of the molecule is CC(C)Oc1ccc(C2=NCc3ccc(N4CCCC5(CCN(CC(=O)N6CC=C(c7ccc(-c8ncn(C)n8)cc7)CC6)C5)C4=O)cc32)cn1. The van der Waals surface area contributed by atoms with Crippen LogP contribution in [0.5, 0.6) is 5.88 Å². The number of piperidine rings is 1. The molecule has 262 valence electrons. The lowest BCUT2D eigenvalue weighted by molar-refractivity contribution is -0.133. The first-order chi connectivity index (χ1) is 24.7. The average molecular weight is 685 g/mol. The number of rotatable bonds is 8. The molecule has 51 heavy (non-hydrogen) atoms. The molecule has 1 spiro atoms. The summed E-state index contributed by atoms with van der Waals surface area (Å²) in [6, 6.07) is 18.5. The Morgan fingerprint density at radius 2 is 1.78 bits per heavy atom. The first kappa shape index (κ1) is 33.0. The number of ether oxygens (including phenoxy) is 1. The highest BCUT2D eigenvalue weighted by atomic mass is 16.5. The zero-order chi connectivity index (χ0) is 35.1. The summed E-state index contributed by atoms with van der Waals surface area (Å²) < 4.78 is 7.43. The summed E-state index contributed by atoms with van der Waals surface area (Å²) in [6.45, 7) is 8.27. The zero-order valence-corrected chi connectivity index (χ0v) is 29.6. The molecule has 0 aliphatic carbocycles. The Morgan fingerprint density at radius 3 is 2.51 bits per heavy atom. The first-order valence-electron chi connectivity index (χ1n) is 18.0. The van der Waals surface area contributed by atoms with Crippen LogP contribution < -0.4 is 9.64 Å². The second-order valence-corrected chi connectivity index (χ2v) is 14.5. The smallest absolute Gasteiger partial charge is 0.237 e. The Kier molecular flexibility index (Phi) is 8.75. The van der Waals surface area contributed by atoms with Crippen molar-refractivity contribution in [2.24, 2.45) is 17.5 Å². The van der Waals surface area contributed by atoms with E-state index in [-0.39, 0.29) is 17.9 Å². The first-order valence-corrected chi connectivity index (χ1v) is 18.0. The Morgan fingerprint density at radius 1 is 0.961 bits per heavy atom. The van der Waals surface area contributed by atoms with Gasteiger partial charge in [-0.15, -0.1) is 0 Å². The van der Waals surface area contributed by atoms with Gasteiger partial charge in [-0.25, -0.2) is 9.97 Å². The molecule has 11 nitrogen and oxygen atoms in total. The maximum atomic E-state index is 14.3. The van der Waals surface area contributed by atoms with E-state index in [0.29, 0.717) is 51.0 Å². The molecule has 2 fully saturated rings. The van der Waals surface area contributed by atoms with Gasteiger partial charge in [0.25, 0.3) is 0 Å². The summed E-state index contributed by atoms with van der Waals surface area (Å²) in [7, 11) is 1.86. The van der Waals surface area contributed by atoms with Crippen LogP contribution in [0.4, 0.5) is 5.69 Å². The molecule has 1 unspecified atom stereocenters. The number of likely N-dealkylation sites (tertiary alicyclic amines) is 1. The lowest BCUT2D eigenvalue weighted by Gasteiger charge is -2.39. The summed E-state index contributed by atoms with van der Waals surface area (Å²) in [5, 5.41) is 4.39. The number of carbonyl (C=O) groups excluding carboxylic acids is 2. The van der Waals surface area contributed by atoms with Gasteiger partial charge in [0.2, 0.25) is 17.7 Å². The van der Waals surface area contributed by atoms with Crippen LogP contribution in [0, 0.1) is 5.41 Å². The number of aryl methyl sites for hydroxylation is 1. The van der Waals surface area contributed by atoms with Gasteiger partial charge in [-0.3, -0.25) is 24.2 Å². The largest absolute Gasteiger partial charge is 0.475 e. The van der Waals surface area contributed by atoms with E-state index in [0.717, 1.165) is 65.9 Å². The molecular weight excluding hydrogens is 640 g/mol. The molecule has 2 saturated heterocycles. The fourth-order valence-corrected chi connectivity index (χ4v) is 7.96. The number of amides is 2. The van der Waals surface area contributed by atoms with E-state index in [2.05, 4.69) is 68.5 Å². The number of pyridine rings is 1. The fourth-order valence-electron chi connectivity index (χ4n) is 7.96. The molecule has 6 heterocycles. The Labute approximate surface area is 298 Å². The topological polar surface area (TPSA) is 109 Å². The van der Waals surface area contributed by atoms with E-state index in [9.17, 15) is 9.59 Å². The third-order valence-corrected chi connectivity index (χ3v) is 10.6. The number of fused-ring (bicyclic) bond motifs is 1. The number of benzene rings is 2. The minimum Gasteiger partial charge on any atom is -0.475 e. The third-order valence-electron chi connectivity index (χ3n) is 10.6. The van der Waals surface area contributed by atoms with Crippen LogP contribution in [0.3, 0.4) is 0 Å². The predicted molar refractivity (Wildman–Crippen MR) is 196 cm³/mol. The van der Waals surface area contributed by atoms with Crippen LogP contribution in [0.1, 0.15) is 61.8 Å². The number of aromatic nitrogens is 4. The predicted octanol–water partition coefficient (Wildman–Crippen LogP) is 5.15. The molecule has 2 aromatic heterocycles. The summed E-state index contributed by atoms with van der Waals surface area (Å²) >= 11 is 0. The number of hydrogen-bond acceptors (Lipinski definition) is 8. The van der Waals surface area contributed by atoms with Gasteiger partial charge in [0, 0.05) is 67.9 Å². The molecule has 8 rings (SSSR count). The van der Waals surface area contributed by atoms with Crippen molar-refractivity contribution in [1.82, 2.24) is 29.5 Å². The maximum Gasteiger partial charge on any atom is 0.237 e. The van der Waals surface area contributed by atoms with Crippen LogP contribution in [0.25, 0.3) is 17.0 Å². The van der Waals surface area contributed by atoms with Crippen molar-refractivity contribution in [3.8, 4) is 17.3 Å². The number of hydrogen-bond donors (Lipinski definition) is 0. The molecule has 0 radical (unpaired) electrons. The highest BCUT2D eigenvalue weighted by Gasteiger charge is 2.49. The molecule has 4 aliphatic heterocycles. The van der Waals surface area contributed by atoms with Gasteiger partial charge in [0.05, 0.1) is 30.3 Å². The van der Waals surface area contributed by atoms with Crippen molar-refractivity contribution in [1.29, 1.82) is 0 Å². The van der Waals surface area contributed by atoms with Gasteiger partial charge in [-0.1, -0.05) is 36.4 Å². The maximum absolute atomic E-state index is 14.3. The van der Waals surface area contributed by atoms with E-state index in [1.54, 1.807) is 11.0 Å². The summed E-state index contributed by atoms with van der Waals surface area (Å²) in [6.07, 6.45) is 9.12. The van der Waals surface area contributed by atoms with Crippen molar-refractivity contribution < 1.29 is 14.3 Å². The van der Waals surface area contributed by atoms with E-state index in [1.807, 2.05) is 49.0 Å². The summed E-state index contributed by atoms with van der Waals surface area (Å²) in [4.78, 5) is 47.5. The Balaban J connectivity index is 0.891. The molecule has 0 N–H and O–H groups in total. The molecular formula is C40H44N8O3. The van der Waals surface area contributed by atoms with E-state index in [4.69, 9.17) is 9.73 Å². The quantitative estimate of drug-likeness (QED) is 0.253. The van der Waals surface area contributed by atoms with Gasteiger partial charge in [0.1, 0.15) is 6.33 Å². The van der Waals surface area contributed by atoms with Crippen LogP contribution >= 0.6 is 0 Å². The lowest BCUT2D eigenvalue weighted by Crippen LogP contribution is -2.51. The molecule has 2 amide bonds. The van der Waals surface area contributed by atoms with Crippen molar-refractivity contribution in [2.75, 3.05) is 44.2 Å². The summed E-state index contributed by atoms with van der Waals surface area (Å²) in [5.74, 6) is 1.61. The van der Waals surface area contributed by atoms with Crippen molar-refractivity contribution in [3.05, 3.63) is 95.5 Å². The van der Waals surface area contributed by atoms with E-state index >= 15 is 0 Å². The minimum atomic E-state index is -0.462. The zero-order valence-electron chi connectivity index (χ0n) is 29.6. The van der Waals surface area contributed by atoms with Crippen LogP contribution in [-0.4, -0.2) is 92.4 Å². The number of nitrogens with zero attached hydrogens (tertiary/aromatic N) is 8. The van der Waals surface area contributed by atoms with Crippen LogP contribution in [-0.2, 0) is 23.2 Å². The second-order valence-electron chi connectivity index (χ2n) is 14.5. The fraction of sp³-hybridized carbons (Fsp3) is 0.400. The minimum absolute atomic E-state index is 0.0569. The number of aliphatic imine (C=N–C) groups is 1. The van der Waals surface area contributed by atoms with Crippen molar-refractivity contribution in [3.63, 3.8) is 0 Å². The van der Waals surface area contributed by atoms with Gasteiger partial charge >= 0.3 is 0 Å². The molecule has 1 atom stereocenters. The molecule has 4 aromatic rings. The summed E-state index contributed by atoms with van der Waals surface area (Å²) in [5.41, 5.74) is 7.89. The van der Waals surface area contributed by atoms with E-state index in [1.165, 1.54) is 11.1 Å². The molecule has 0 saturated carbocycles. The molecule has 0 bridgehead atoms. The molecule has 4 aliphatic rings. The van der Waals surface area contributed by atoms with Gasteiger partial charge in [0.15, 0.2) is 5.82 Å². The van der Waals surface area contributed by atoms with Crippen molar-refractivity contribution >= 4 is 28.8 Å². The van der Waals surface area contributed by atoms with Gasteiger partial charge in [-0.2, -0.15) is 5.10 Å². The highest BCUT2D eigenvalue weighted by Crippen LogP contribution is 2.42. The molecule has 2 aromatic carbocycles. The number of carbonyl (C=O) groups is 2. The van der Waals surface area contributed by atoms with Gasteiger partial charge in [-0.05, 0) is 81.0 Å². The normalized spacial score (nSPS) is 20.6. The lowest BCUT2D eigenvalue weighted by atomic mass is 9.78. The van der Waals surface area contributed by atoms with Crippen molar-refractivity contribution in [2.45, 2.75) is 52.2 Å². The second kappa shape index (κ2) is 13.5. The third kappa shape index (κ3) is 6.58. The van der Waals surface area contributed by atoms with Crippen LogP contribution in [0.2, 0.25) is 0 Å². The van der Waals surface area contributed by atoms with Crippen LogP contribution in [0.15, 0.2) is 78.2 Å². The standard InChI is InChI=1S/C40H44N8O3/c1-27(2)51-35-12-10-32(23-41-35)37-34-21-33(11-9-31(34)22-42-37)48-17-4-15-40(39(48)50)16-20-46(25-40)24-36(49)47-18-13-29(14-19-47)28-5-7-30(8-6-28)38-43-26-45(3)44-38/h5-13,21,23,26-27H,4,14-20,22,24-25H2,1-3H3. The Bertz CT molecular complexity index is 2020. The highest BCUT2D eigenvalue weighted by molar-refractivity contribution is 6.15. The average Bonchev–Trinajstić information content (AvgIpc) is 3.88. The number of anilines is 1. The molecule has 11 heteroatoms. The Hall–Kier alpha value is -5.16.